The molecule has 1 aliphatic rings. The predicted octanol–water partition coefficient (Wildman–Crippen LogP) is 0.483. The molecule has 0 atom stereocenters. The molecule has 2 heterocycles. The van der Waals surface area contributed by atoms with E-state index in [0.717, 1.165) is 31.6 Å². The first-order valence-electron chi connectivity index (χ1n) is 7.86. The molecule has 2 amide bonds. The molecule has 1 aliphatic heterocycles. The predicted molar refractivity (Wildman–Crippen MR) is 88.2 cm³/mol. The van der Waals surface area contributed by atoms with Crippen LogP contribution in [0.2, 0.25) is 0 Å². The summed E-state index contributed by atoms with van der Waals surface area (Å²) in [6, 6.07) is 7.01. The number of hydrogen-bond acceptors (Lipinski definition) is 4. The van der Waals surface area contributed by atoms with E-state index >= 15 is 0 Å². The Kier molecular flexibility index (Phi) is 4.57. The van der Waals surface area contributed by atoms with Crippen molar-refractivity contribution in [3.8, 4) is 0 Å². The largest absolute Gasteiger partial charge is 0.351 e. The fourth-order valence-corrected chi connectivity index (χ4v) is 2.93. The van der Waals surface area contributed by atoms with Gasteiger partial charge in [-0.05, 0) is 25.1 Å². The number of nitrogens with zero attached hydrogens (tertiary/aromatic N) is 4. The molecule has 2 aromatic rings. The zero-order chi connectivity index (χ0) is 16.2. The number of urea groups is 1. The van der Waals surface area contributed by atoms with Crippen molar-refractivity contribution < 1.29 is 4.79 Å². The molecule has 122 valence electrons. The van der Waals surface area contributed by atoms with Gasteiger partial charge in [-0.25, -0.2) is 9.78 Å². The second kappa shape index (κ2) is 6.78. The van der Waals surface area contributed by atoms with Crippen LogP contribution in [0.1, 0.15) is 6.42 Å². The lowest BCUT2D eigenvalue weighted by molar-refractivity contribution is 0.207. The van der Waals surface area contributed by atoms with Crippen molar-refractivity contribution in [3.63, 3.8) is 0 Å². The van der Waals surface area contributed by atoms with E-state index in [1.54, 1.807) is 21.9 Å². The van der Waals surface area contributed by atoms with Crippen molar-refractivity contribution in [2.75, 3.05) is 32.7 Å². The normalized spacial score (nSPS) is 16.4. The standard InChI is InChI=1S/C16H21N5O2/c17-16(23)20-7-3-6-19(8-10-20)9-11-21-12-18-14-5-2-1-4-13(14)15(21)22/h1-2,4-5,12H,3,6-11H2,(H2,17,23). The molecule has 3 rings (SSSR count). The first kappa shape index (κ1) is 15.5. The number of amides is 2. The summed E-state index contributed by atoms with van der Waals surface area (Å²) >= 11 is 0. The Labute approximate surface area is 134 Å². The quantitative estimate of drug-likeness (QED) is 0.893. The van der Waals surface area contributed by atoms with Crippen LogP contribution in [-0.2, 0) is 6.54 Å². The summed E-state index contributed by atoms with van der Waals surface area (Å²) in [6.45, 7) is 4.36. The summed E-state index contributed by atoms with van der Waals surface area (Å²) < 4.78 is 1.65. The van der Waals surface area contributed by atoms with Gasteiger partial charge >= 0.3 is 6.03 Å². The smallest absolute Gasteiger partial charge is 0.314 e. The maximum absolute atomic E-state index is 12.4. The minimum Gasteiger partial charge on any atom is -0.351 e. The van der Waals surface area contributed by atoms with Crippen LogP contribution in [0.15, 0.2) is 35.4 Å². The van der Waals surface area contributed by atoms with E-state index in [2.05, 4.69) is 9.88 Å². The summed E-state index contributed by atoms with van der Waals surface area (Å²) in [7, 11) is 0. The van der Waals surface area contributed by atoms with Gasteiger partial charge in [0.15, 0.2) is 0 Å². The Hall–Kier alpha value is -2.41. The maximum Gasteiger partial charge on any atom is 0.314 e. The molecular formula is C16H21N5O2. The molecule has 23 heavy (non-hydrogen) atoms. The molecule has 0 saturated carbocycles. The van der Waals surface area contributed by atoms with Gasteiger partial charge in [0.25, 0.3) is 5.56 Å². The third kappa shape index (κ3) is 3.50. The van der Waals surface area contributed by atoms with E-state index in [-0.39, 0.29) is 11.6 Å². The molecule has 1 fully saturated rings. The Balaban J connectivity index is 1.65. The number of primary amides is 1. The van der Waals surface area contributed by atoms with E-state index in [1.807, 2.05) is 18.2 Å². The average molecular weight is 315 g/mol. The number of para-hydroxylation sites is 1. The van der Waals surface area contributed by atoms with E-state index in [0.29, 0.717) is 25.0 Å². The monoisotopic (exact) mass is 315 g/mol. The SMILES string of the molecule is NC(=O)N1CCCN(CCn2cnc3ccccc3c2=O)CC1. The van der Waals surface area contributed by atoms with Crippen molar-refractivity contribution in [1.29, 1.82) is 0 Å². The first-order valence-corrected chi connectivity index (χ1v) is 7.86. The Morgan fingerprint density at radius 1 is 1.13 bits per heavy atom. The van der Waals surface area contributed by atoms with Crippen LogP contribution in [0.4, 0.5) is 4.79 Å². The lowest BCUT2D eigenvalue weighted by Gasteiger charge is -2.21. The third-order valence-corrected chi connectivity index (χ3v) is 4.29. The second-order valence-electron chi connectivity index (χ2n) is 5.78. The molecule has 1 aromatic heterocycles. The minimum atomic E-state index is -0.359. The molecule has 1 aromatic carbocycles. The van der Waals surface area contributed by atoms with E-state index in [4.69, 9.17) is 5.73 Å². The third-order valence-electron chi connectivity index (χ3n) is 4.29. The van der Waals surface area contributed by atoms with E-state index in [1.165, 1.54) is 0 Å². The summed E-state index contributed by atoms with van der Waals surface area (Å²) in [5.41, 5.74) is 6.05. The molecular weight excluding hydrogens is 294 g/mol. The molecule has 0 spiro atoms. The highest BCUT2D eigenvalue weighted by Gasteiger charge is 2.17. The summed E-state index contributed by atoms with van der Waals surface area (Å²) in [4.78, 5) is 31.9. The molecule has 2 N–H and O–H groups in total. The summed E-state index contributed by atoms with van der Waals surface area (Å²) in [5.74, 6) is 0. The van der Waals surface area contributed by atoms with Gasteiger partial charge in [0, 0.05) is 32.7 Å². The molecule has 0 aliphatic carbocycles. The van der Waals surface area contributed by atoms with Crippen LogP contribution < -0.4 is 11.3 Å². The highest BCUT2D eigenvalue weighted by molar-refractivity contribution is 5.76. The molecule has 0 bridgehead atoms. The minimum absolute atomic E-state index is 0.0100. The maximum atomic E-state index is 12.4. The van der Waals surface area contributed by atoms with E-state index < -0.39 is 0 Å². The number of rotatable bonds is 3. The van der Waals surface area contributed by atoms with Crippen molar-refractivity contribution in [1.82, 2.24) is 19.4 Å². The Morgan fingerprint density at radius 3 is 2.78 bits per heavy atom. The number of fused-ring (bicyclic) bond motifs is 1. The molecule has 0 radical (unpaired) electrons. The van der Waals surface area contributed by atoms with Gasteiger partial charge in [-0.2, -0.15) is 0 Å². The van der Waals surface area contributed by atoms with Gasteiger partial charge in [-0.15, -0.1) is 0 Å². The Morgan fingerprint density at radius 2 is 1.96 bits per heavy atom. The van der Waals surface area contributed by atoms with Crippen LogP contribution in [-0.4, -0.2) is 58.1 Å². The van der Waals surface area contributed by atoms with Gasteiger partial charge in [0.2, 0.25) is 0 Å². The number of nitrogens with two attached hydrogens (primary N) is 1. The summed E-state index contributed by atoms with van der Waals surface area (Å²) in [6.07, 6.45) is 2.51. The number of hydrogen-bond donors (Lipinski definition) is 1. The highest BCUT2D eigenvalue weighted by atomic mass is 16.2. The summed E-state index contributed by atoms with van der Waals surface area (Å²) in [5, 5.41) is 0.644. The van der Waals surface area contributed by atoms with Crippen LogP contribution >= 0.6 is 0 Å². The first-order chi connectivity index (χ1) is 11.1. The van der Waals surface area contributed by atoms with Crippen molar-refractivity contribution >= 4 is 16.9 Å². The van der Waals surface area contributed by atoms with Crippen molar-refractivity contribution in [2.24, 2.45) is 5.73 Å². The van der Waals surface area contributed by atoms with Gasteiger partial charge in [-0.1, -0.05) is 12.1 Å². The van der Waals surface area contributed by atoms with Gasteiger partial charge in [0.1, 0.15) is 0 Å². The number of carbonyl (C=O) groups excluding carboxylic acids is 1. The fraction of sp³-hybridized carbons (Fsp3) is 0.438. The van der Waals surface area contributed by atoms with E-state index in [9.17, 15) is 9.59 Å². The zero-order valence-electron chi connectivity index (χ0n) is 13.0. The molecule has 7 nitrogen and oxygen atoms in total. The lowest BCUT2D eigenvalue weighted by Crippen LogP contribution is -2.39. The molecule has 1 saturated heterocycles. The second-order valence-corrected chi connectivity index (χ2v) is 5.78. The zero-order valence-corrected chi connectivity index (χ0v) is 13.0. The highest BCUT2D eigenvalue weighted by Crippen LogP contribution is 2.06. The average Bonchev–Trinajstić information content (AvgIpc) is 2.80. The fourth-order valence-electron chi connectivity index (χ4n) is 2.93. The van der Waals surface area contributed by atoms with Gasteiger partial charge in [-0.3, -0.25) is 14.3 Å². The Bertz CT molecular complexity index is 757. The van der Waals surface area contributed by atoms with Crippen LogP contribution in [0.5, 0.6) is 0 Å². The van der Waals surface area contributed by atoms with Crippen LogP contribution in [0.3, 0.4) is 0 Å². The van der Waals surface area contributed by atoms with Crippen molar-refractivity contribution in [2.45, 2.75) is 13.0 Å². The lowest BCUT2D eigenvalue weighted by atomic mass is 10.2. The molecule has 0 unspecified atom stereocenters. The van der Waals surface area contributed by atoms with Gasteiger partial charge < -0.3 is 10.6 Å². The van der Waals surface area contributed by atoms with Crippen LogP contribution in [0.25, 0.3) is 10.9 Å². The number of carbonyl (C=O) groups is 1. The number of aromatic nitrogens is 2. The topological polar surface area (TPSA) is 84.5 Å². The molecule has 7 heteroatoms. The number of benzene rings is 1. The van der Waals surface area contributed by atoms with Gasteiger partial charge in [0.05, 0.1) is 17.2 Å². The van der Waals surface area contributed by atoms with Crippen molar-refractivity contribution in [3.05, 3.63) is 40.9 Å². The van der Waals surface area contributed by atoms with Crippen LogP contribution in [0, 0.1) is 0 Å².